The molecule has 2 aromatic carbocycles. The van der Waals surface area contributed by atoms with Crippen LogP contribution in [-0.4, -0.2) is 85.1 Å². The van der Waals surface area contributed by atoms with E-state index < -0.39 is 5.60 Å². The summed E-state index contributed by atoms with van der Waals surface area (Å²) in [6.07, 6.45) is 6.90. The lowest BCUT2D eigenvalue weighted by Crippen LogP contribution is -2.49. The van der Waals surface area contributed by atoms with Gasteiger partial charge in [0.25, 0.3) is 11.5 Å². The summed E-state index contributed by atoms with van der Waals surface area (Å²) >= 11 is 0. The van der Waals surface area contributed by atoms with Gasteiger partial charge in [0.2, 0.25) is 0 Å². The van der Waals surface area contributed by atoms with Crippen LogP contribution in [0.3, 0.4) is 0 Å². The molecule has 0 radical (unpaired) electrons. The zero-order chi connectivity index (χ0) is 29.3. The molecule has 1 amide bonds. The highest BCUT2D eigenvalue weighted by atomic mass is 16.5. The molecule has 4 aromatic rings. The Labute approximate surface area is 245 Å². The van der Waals surface area contributed by atoms with Crippen LogP contribution < -0.4 is 10.3 Å². The van der Waals surface area contributed by atoms with Crippen LogP contribution in [0.4, 0.5) is 0 Å². The molecule has 2 aromatic heterocycles. The number of likely N-dealkylation sites (tertiary alicyclic amines) is 2. The minimum atomic E-state index is -1.12. The van der Waals surface area contributed by atoms with Crippen molar-refractivity contribution in [2.75, 3.05) is 33.2 Å². The molecular formula is C32H38N6O4. The second-order valence-corrected chi connectivity index (χ2v) is 11.7. The third kappa shape index (κ3) is 5.82. The Morgan fingerprint density at radius 1 is 1.02 bits per heavy atom. The van der Waals surface area contributed by atoms with Crippen LogP contribution in [0, 0.1) is 0 Å². The van der Waals surface area contributed by atoms with Crippen molar-refractivity contribution in [1.29, 1.82) is 0 Å². The molecule has 2 aliphatic rings. The summed E-state index contributed by atoms with van der Waals surface area (Å²) in [5, 5.41) is 16.2. The first-order chi connectivity index (χ1) is 20.3. The molecule has 10 nitrogen and oxygen atoms in total. The standard InChI is InChI=1S/C32H38N6O4/c1-3-23-4-8-25(9-5-23)38-29-28(20-34-38)31(40)37(22-33-29)21-32(41)14-18-36(19-15-32)30(39)24-6-10-26(11-7-24)42-27-12-16-35(2)17-13-27/h4-11,20,22,27,41H,3,12-19,21H2,1-2H3. The van der Waals surface area contributed by atoms with Crippen molar-refractivity contribution in [3.05, 3.63) is 82.5 Å². The monoisotopic (exact) mass is 570 g/mol. The summed E-state index contributed by atoms with van der Waals surface area (Å²) < 4.78 is 9.23. The molecule has 2 saturated heterocycles. The topological polar surface area (TPSA) is 106 Å². The Balaban J connectivity index is 1.07. The Kier molecular flexibility index (Phi) is 7.83. The number of piperidine rings is 2. The van der Waals surface area contributed by atoms with Crippen LogP contribution in [0.2, 0.25) is 0 Å². The van der Waals surface area contributed by atoms with E-state index in [4.69, 9.17) is 4.74 Å². The van der Waals surface area contributed by atoms with Crippen LogP contribution in [0.5, 0.6) is 5.75 Å². The van der Waals surface area contributed by atoms with Gasteiger partial charge in [-0.05, 0) is 81.1 Å². The molecular weight excluding hydrogens is 532 g/mol. The normalized spacial score (nSPS) is 17.9. The van der Waals surface area contributed by atoms with Gasteiger partial charge >= 0.3 is 0 Å². The summed E-state index contributed by atoms with van der Waals surface area (Å²) in [6.45, 7) is 5.07. The molecule has 2 fully saturated rings. The van der Waals surface area contributed by atoms with E-state index in [1.54, 1.807) is 9.58 Å². The van der Waals surface area contributed by atoms with E-state index in [1.807, 2.05) is 48.5 Å². The third-order valence-corrected chi connectivity index (χ3v) is 8.66. The van der Waals surface area contributed by atoms with E-state index >= 15 is 0 Å². The molecule has 220 valence electrons. The van der Waals surface area contributed by atoms with E-state index in [0.29, 0.717) is 42.5 Å². The Morgan fingerprint density at radius 2 is 1.71 bits per heavy atom. The van der Waals surface area contributed by atoms with Crippen molar-refractivity contribution >= 4 is 16.9 Å². The average Bonchev–Trinajstić information content (AvgIpc) is 3.45. The zero-order valence-corrected chi connectivity index (χ0v) is 24.3. The van der Waals surface area contributed by atoms with Gasteiger partial charge in [0.1, 0.15) is 23.6 Å². The molecule has 2 aliphatic heterocycles. The summed E-state index contributed by atoms with van der Waals surface area (Å²) in [6, 6.07) is 15.4. The Bertz CT molecular complexity index is 1600. The zero-order valence-electron chi connectivity index (χ0n) is 24.3. The second kappa shape index (κ2) is 11.7. The lowest BCUT2D eigenvalue weighted by molar-refractivity contribution is -0.0299. The number of carbonyl (C=O) groups is 1. The molecule has 0 unspecified atom stereocenters. The lowest BCUT2D eigenvalue weighted by atomic mass is 9.91. The van der Waals surface area contributed by atoms with Gasteiger partial charge in [-0.15, -0.1) is 0 Å². The minimum Gasteiger partial charge on any atom is -0.490 e. The highest BCUT2D eigenvalue weighted by molar-refractivity contribution is 5.94. The highest BCUT2D eigenvalue weighted by Crippen LogP contribution is 2.26. The number of aromatic nitrogens is 4. The number of carbonyl (C=O) groups excluding carboxylic acids is 1. The minimum absolute atomic E-state index is 0.0671. The first-order valence-electron chi connectivity index (χ1n) is 14.8. The maximum Gasteiger partial charge on any atom is 0.264 e. The number of hydrogen-bond acceptors (Lipinski definition) is 7. The smallest absolute Gasteiger partial charge is 0.264 e. The maximum absolute atomic E-state index is 13.3. The second-order valence-electron chi connectivity index (χ2n) is 11.7. The molecule has 42 heavy (non-hydrogen) atoms. The fraction of sp³-hybridized carbons (Fsp3) is 0.438. The van der Waals surface area contributed by atoms with Crippen molar-refractivity contribution in [3.63, 3.8) is 0 Å². The van der Waals surface area contributed by atoms with Crippen LogP contribution in [0.25, 0.3) is 16.7 Å². The van der Waals surface area contributed by atoms with Crippen molar-refractivity contribution in [1.82, 2.24) is 29.1 Å². The number of hydrogen-bond donors (Lipinski definition) is 1. The predicted molar refractivity (Wildman–Crippen MR) is 160 cm³/mol. The SMILES string of the molecule is CCc1ccc(-n2ncc3c(=O)n(CC4(O)CCN(C(=O)c5ccc(OC6CCN(C)CC6)cc5)CC4)cnc32)cc1. The molecule has 0 aliphatic carbocycles. The summed E-state index contributed by atoms with van der Waals surface area (Å²) in [4.78, 5) is 35.1. The molecule has 0 saturated carbocycles. The molecule has 1 N–H and O–H groups in total. The molecule has 10 heteroatoms. The van der Waals surface area contributed by atoms with Gasteiger partial charge in [-0.2, -0.15) is 5.10 Å². The first-order valence-corrected chi connectivity index (χ1v) is 14.8. The summed E-state index contributed by atoms with van der Waals surface area (Å²) in [7, 11) is 2.12. The van der Waals surface area contributed by atoms with Crippen molar-refractivity contribution in [2.45, 2.75) is 57.3 Å². The van der Waals surface area contributed by atoms with Crippen molar-refractivity contribution in [3.8, 4) is 11.4 Å². The maximum atomic E-state index is 13.3. The van der Waals surface area contributed by atoms with Gasteiger partial charge in [0.05, 0.1) is 24.0 Å². The first kappa shape index (κ1) is 28.1. The van der Waals surface area contributed by atoms with Crippen LogP contribution in [-0.2, 0) is 13.0 Å². The summed E-state index contributed by atoms with van der Waals surface area (Å²) in [5.74, 6) is 0.715. The number of ether oxygens (including phenoxy) is 1. The number of aryl methyl sites for hydroxylation is 1. The Morgan fingerprint density at radius 3 is 2.38 bits per heavy atom. The van der Waals surface area contributed by atoms with Gasteiger partial charge in [-0.3, -0.25) is 14.2 Å². The fourth-order valence-electron chi connectivity index (χ4n) is 5.88. The largest absolute Gasteiger partial charge is 0.490 e. The van der Waals surface area contributed by atoms with Crippen LogP contribution in [0.15, 0.2) is 65.8 Å². The predicted octanol–water partition coefficient (Wildman–Crippen LogP) is 3.28. The number of rotatable bonds is 7. The van der Waals surface area contributed by atoms with Crippen molar-refractivity contribution < 1.29 is 14.6 Å². The number of amides is 1. The van der Waals surface area contributed by atoms with Crippen molar-refractivity contribution in [2.24, 2.45) is 0 Å². The molecule has 0 bridgehead atoms. The van der Waals surface area contributed by atoms with E-state index in [0.717, 1.165) is 43.8 Å². The van der Waals surface area contributed by atoms with Gasteiger partial charge in [-0.1, -0.05) is 19.1 Å². The number of benzene rings is 2. The van der Waals surface area contributed by atoms with E-state index in [1.165, 1.54) is 22.7 Å². The van der Waals surface area contributed by atoms with Gasteiger partial charge in [-0.25, -0.2) is 9.67 Å². The molecule has 4 heterocycles. The van der Waals surface area contributed by atoms with Gasteiger partial charge in [0.15, 0.2) is 5.65 Å². The number of nitrogens with zero attached hydrogens (tertiary/aromatic N) is 6. The molecule has 0 atom stereocenters. The van der Waals surface area contributed by atoms with E-state index in [-0.39, 0.29) is 24.1 Å². The number of fused-ring (bicyclic) bond motifs is 1. The lowest BCUT2D eigenvalue weighted by Gasteiger charge is -2.38. The quantitative estimate of drug-likeness (QED) is 0.364. The average molecular weight is 571 g/mol. The van der Waals surface area contributed by atoms with E-state index in [9.17, 15) is 14.7 Å². The fourth-order valence-corrected chi connectivity index (χ4v) is 5.88. The van der Waals surface area contributed by atoms with Gasteiger partial charge in [0, 0.05) is 31.7 Å². The van der Waals surface area contributed by atoms with E-state index in [2.05, 4.69) is 29.0 Å². The molecule has 0 spiro atoms. The van der Waals surface area contributed by atoms with Gasteiger partial charge < -0.3 is 19.6 Å². The Hall–Kier alpha value is -4.02. The summed E-state index contributed by atoms with van der Waals surface area (Å²) in [5.41, 5.74) is 1.78. The molecule has 6 rings (SSSR count). The number of aliphatic hydroxyl groups is 1. The van der Waals surface area contributed by atoms with Crippen LogP contribution >= 0.6 is 0 Å². The highest BCUT2D eigenvalue weighted by Gasteiger charge is 2.35. The third-order valence-electron chi connectivity index (χ3n) is 8.66. The van der Waals surface area contributed by atoms with Crippen LogP contribution in [0.1, 0.15) is 48.5 Å².